The highest BCUT2D eigenvalue weighted by Crippen LogP contribution is 2.35. The molecule has 1 saturated carbocycles. The second kappa shape index (κ2) is 3.59. The van der Waals surface area contributed by atoms with Crippen molar-refractivity contribution < 1.29 is 0 Å². The molecule has 0 radical (unpaired) electrons. The molecule has 1 nitrogen and oxygen atoms in total. The molecule has 1 aliphatic heterocycles. The smallest absolute Gasteiger partial charge is 0.0204 e. The van der Waals surface area contributed by atoms with E-state index >= 15 is 0 Å². The predicted octanol–water partition coefficient (Wildman–Crippen LogP) is 2.27. The third-order valence-electron chi connectivity index (χ3n) is 3.11. The van der Waals surface area contributed by atoms with E-state index in [1.165, 1.54) is 25.0 Å². The molecule has 0 aromatic heterocycles. The van der Waals surface area contributed by atoms with E-state index in [4.69, 9.17) is 0 Å². The third kappa shape index (κ3) is 1.80. The van der Waals surface area contributed by atoms with Gasteiger partial charge in [-0.05, 0) is 32.1 Å². The van der Waals surface area contributed by atoms with Gasteiger partial charge in [0.25, 0.3) is 0 Å². The minimum Gasteiger partial charge on any atom is -0.310 e. The lowest BCUT2D eigenvalue weighted by Gasteiger charge is -2.41. The zero-order chi connectivity index (χ0) is 8.55. The summed E-state index contributed by atoms with van der Waals surface area (Å²) in [5.41, 5.74) is 0. The molecule has 2 heteroatoms. The van der Waals surface area contributed by atoms with Crippen molar-refractivity contribution >= 4 is 11.8 Å². The van der Waals surface area contributed by atoms with Crippen LogP contribution in [0.4, 0.5) is 0 Å². The van der Waals surface area contributed by atoms with Crippen molar-refractivity contribution in [3.63, 3.8) is 0 Å². The summed E-state index contributed by atoms with van der Waals surface area (Å²) in [6.45, 7) is 4.70. The van der Waals surface area contributed by atoms with Crippen LogP contribution >= 0.6 is 11.8 Å². The van der Waals surface area contributed by atoms with Crippen molar-refractivity contribution in [2.24, 2.45) is 5.92 Å². The van der Waals surface area contributed by atoms with E-state index in [1.54, 1.807) is 0 Å². The van der Waals surface area contributed by atoms with Gasteiger partial charge in [-0.1, -0.05) is 6.92 Å². The molecular weight excluding hydrogens is 166 g/mol. The van der Waals surface area contributed by atoms with E-state index in [1.807, 2.05) is 0 Å². The second-order valence-corrected chi connectivity index (χ2v) is 5.74. The van der Waals surface area contributed by atoms with Gasteiger partial charge >= 0.3 is 0 Å². The largest absolute Gasteiger partial charge is 0.310 e. The molecule has 4 unspecified atom stereocenters. The lowest BCUT2D eigenvalue weighted by Crippen LogP contribution is -2.51. The predicted molar refractivity (Wildman–Crippen MR) is 55.6 cm³/mol. The fourth-order valence-corrected chi connectivity index (χ4v) is 3.93. The molecule has 1 aliphatic carbocycles. The molecule has 2 aliphatic rings. The summed E-state index contributed by atoms with van der Waals surface area (Å²) < 4.78 is 0. The van der Waals surface area contributed by atoms with Crippen molar-refractivity contribution in [3.05, 3.63) is 0 Å². The van der Waals surface area contributed by atoms with Gasteiger partial charge in [-0.2, -0.15) is 11.8 Å². The zero-order valence-corrected chi connectivity index (χ0v) is 8.86. The van der Waals surface area contributed by atoms with Crippen LogP contribution in [-0.2, 0) is 0 Å². The monoisotopic (exact) mass is 185 g/mol. The van der Waals surface area contributed by atoms with E-state index in [0.29, 0.717) is 0 Å². The van der Waals surface area contributed by atoms with Crippen LogP contribution in [0.25, 0.3) is 0 Å². The highest BCUT2D eigenvalue weighted by Gasteiger charge is 2.32. The number of hydrogen-bond donors (Lipinski definition) is 1. The molecule has 0 aromatic rings. The lowest BCUT2D eigenvalue weighted by atomic mass is 9.86. The first-order chi connectivity index (χ1) is 5.75. The van der Waals surface area contributed by atoms with Crippen LogP contribution in [0.2, 0.25) is 0 Å². The normalized spacial score (nSPS) is 48.5. The first kappa shape index (κ1) is 8.89. The Morgan fingerprint density at radius 3 is 2.92 bits per heavy atom. The summed E-state index contributed by atoms with van der Waals surface area (Å²) in [5, 5.41) is 4.64. The Bertz CT molecular complexity index is 142. The molecule has 0 bridgehead atoms. The van der Waals surface area contributed by atoms with Gasteiger partial charge in [-0.15, -0.1) is 0 Å². The van der Waals surface area contributed by atoms with E-state index in [9.17, 15) is 0 Å². The number of rotatable bonds is 0. The van der Waals surface area contributed by atoms with E-state index in [2.05, 4.69) is 30.9 Å². The van der Waals surface area contributed by atoms with Crippen LogP contribution < -0.4 is 5.32 Å². The summed E-state index contributed by atoms with van der Waals surface area (Å²) in [5.74, 6) is 2.28. The number of fused-ring (bicyclic) bond motifs is 1. The minimum absolute atomic E-state index is 0.740. The van der Waals surface area contributed by atoms with Gasteiger partial charge in [0.2, 0.25) is 0 Å². The van der Waals surface area contributed by atoms with Crippen molar-refractivity contribution in [1.29, 1.82) is 0 Å². The Hall–Kier alpha value is 0.310. The molecule has 70 valence electrons. The number of thioether (sulfide) groups is 1. The Kier molecular flexibility index (Phi) is 2.66. The van der Waals surface area contributed by atoms with Gasteiger partial charge in [-0.3, -0.25) is 0 Å². The lowest BCUT2D eigenvalue weighted by molar-refractivity contribution is 0.296. The first-order valence-electron chi connectivity index (χ1n) is 5.13. The van der Waals surface area contributed by atoms with Gasteiger partial charge in [0.15, 0.2) is 0 Å². The fourth-order valence-electron chi connectivity index (χ4n) is 2.39. The maximum absolute atomic E-state index is 3.72. The molecule has 4 atom stereocenters. The topological polar surface area (TPSA) is 12.0 Å². The molecule has 2 fully saturated rings. The quantitative estimate of drug-likeness (QED) is 0.621. The van der Waals surface area contributed by atoms with E-state index < -0.39 is 0 Å². The highest BCUT2D eigenvalue weighted by molar-refractivity contribution is 8.00. The SMILES string of the molecule is CC1CCC2NC(C)CSC2C1. The summed E-state index contributed by atoms with van der Waals surface area (Å²) in [6.07, 6.45) is 4.28. The standard InChI is InChI=1S/C10H19NS/c1-7-3-4-9-10(5-7)12-6-8(2)11-9/h7-11H,3-6H2,1-2H3. The summed E-state index contributed by atoms with van der Waals surface area (Å²) in [4.78, 5) is 0. The van der Waals surface area contributed by atoms with Crippen molar-refractivity contribution in [3.8, 4) is 0 Å². The van der Waals surface area contributed by atoms with Crippen molar-refractivity contribution in [2.45, 2.75) is 50.4 Å². The highest BCUT2D eigenvalue weighted by atomic mass is 32.2. The Balaban J connectivity index is 1.94. The molecule has 1 saturated heterocycles. The van der Waals surface area contributed by atoms with Crippen LogP contribution in [-0.4, -0.2) is 23.1 Å². The van der Waals surface area contributed by atoms with Gasteiger partial charge in [0, 0.05) is 23.1 Å². The molecular formula is C10H19NS. The zero-order valence-electron chi connectivity index (χ0n) is 8.05. The number of hydrogen-bond acceptors (Lipinski definition) is 2. The fraction of sp³-hybridized carbons (Fsp3) is 1.00. The summed E-state index contributed by atoms with van der Waals surface area (Å²) >= 11 is 2.20. The van der Waals surface area contributed by atoms with Gasteiger partial charge in [0.1, 0.15) is 0 Å². The van der Waals surface area contributed by atoms with Crippen LogP contribution in [0.5, 0.6) is 0 Å². The van der Waals surface area contributed by atoms with Gasteiger partial charge in [0.05, 0.1) is 0 Å². The van der Waals surface area contributed by atoms with Gasteiger partial charge < -0.3 is 5.32 Å². The minimum atomic E-state index is 0.740. The Morgan fingerprint density at radius 1 is 1.25 bits per heavy atom. The van der Waals surface area contributed by atoms with Crippen LogP contribution in [0.15, 0.2) is 0 Å². The molecule has 12 heavy (non-hydrogen) atoms. The third-order valence-corrected chi connectivity index (χ3v) is 4.75. The van der Waals surface area contributed by atoms with E-state index in [-0.39, 0.29) is 0 Å². The first-order valence-corrected chi connectivity index (χ1v) is 6.18. The summed E-state index contributed by atoms with van der Waals surface area (Å²) in [7, 11) is 0. The maximum atomic E-state index is 3.72. The van der Waals surface area contributed by atoms with Crippen LogP contribution in [0.1, 0.15) is 33.1 Å². The van der Waals surface area contributed by atoms with E-state index in [0.717, 1.165) is 23.3 Å². The molecule has 0 aromatic carbocycles. The molecule has 1 heterocycles. The van der Waals surface area contributed by atoms with Gasteiger partial charge in [-0.25, -0.2) is 0 Å². The number of nitrogens with one attached hydrogen (secondary N) is 1. The van der Waals surface area contributed by atoms with Crippen molar-refractivity contribution in [2.75, 3.05) is 5.75 Å². The molecule has 2 rings (SSSR count). The Morgan fingerprint density at radius 2 is 2.08 bits per heavy atom. The average molecular weight is 185 g/mol. The van der Waals surface area contributed by atoms with Crippen molar-refractivity contribution in [1.82, 2.24) is 5.32 Å². The molecule has 0 spiro atoms. The van der Waals surface area contributed by atoms with Crippen LogP contribution in [0.3, 0.4) is 0 Å². The second-order valence-electron chi connectivity index (χ2n) is 4.46. The average Bonchev–Trinajstić information content (AvgIpc) is 2.05. The molecule has 0 amide bonds. The van der Waals surface area contributed by atoms with Crippen LogP contribution in [0, 0.1) is 5.92 Å². The Labute approximate surface area is 79.7 Å². The summed E-state index contributed by atoms with van der Waals surface area (Å²) in [6, 6.07) is 1.57. The molecule has 1 N–H and O–H groups in total. The maximum Gasteiger partial charge on any atom is 0.0204 e.